The summed E-state index contributed by atoms with van der Waals surface area (Å²) >= 11 is 41.3. The Labute approximate surface area is 194 Å². The van der Waals surface area contributed by atoms with Gasteiger partial charge in [0.05, 0.1) is 16.3 Å². The fourth-order valence-corrected chi connectivity index (χ4v) is 3.27. The summed E-state index contributed by atoms with van der Waals surface area (Å²) in [6.07, 6.45) is 0. The predicted molar refractivity (Wildman–Crippen MR) is 113 cm³/mol. The van der Waals surface area contributed by atoms with Crippen LogP contribution in [0.5, 0.6) is 0 Å². The van der Waals surface area contributed by atoms with E-state index in [4.69, 9.17) is 81.2 Å². The van der Waals surface area contributed by atoms with Crippen LogP contribution in [0.15, 0.2) is 36.4 Å². The predicted octanol–water partition coefficient (Wildman–Crippen LogP) is 7.09. The summed E-state index contributed by atoms with van der Waals surface area (Å²) in [5.74, 6) is -1.78. The lowest BCUT2D eigenvalue weighted by molar-refractivity contribution is 0.0963. The average Bonchev–Trinajstić information content (AvgIpc) is 2.54. The normalized spacial score (nSPS) is 11.9. The molecule has 0 bridgehead atoms. The third-order valence-electron chi connectivity index (χ3n) is 3.30. The van der Waals surface area contributed by atoms with Gasteiger partial charge in [0.15, 0.2) is 0 Å². The lowest BCUT2D eigenvalue weighted by Crippen LogP contribution is -2.35. The van der Waals surface area contributed by atoms with Crippen LogP contribution in [0.1, 0.15) is 21.5 Å². The molecule has 0 saturated carbocycles. The fraction of sp³-hybridized carbons (Fsp3) is 0.125. The molecular weight excluding hydrogens is 519 g/mol. The Kier molecular flexibility index (Phi) is 7.59. The van der Waals surface area contributed by atoms with Gasteiger partial charge in [-0.3, -0.25) is 10.1 Å². The number of imide groups is 1. The van der Waals surface area contributed by atoms with E-state index in [1.807, 2.05) is 5.32 Å². The lowest BCUT2D eigenvalue weighted by atomic mass is 10.1. The summed E-state index contributed by atoms with van der Waals surface area (Å²) < 4.78 is 9.72. The molecule has 0 aromatic heterocycles. The number of alkyl halides is 6. The zero-order valence-corrected chi connectivity index (χ0v) is 18.6. The molecule has 0 heterocycles. The second-order valence-corrected chi connectivity index (χ2v) is 10.2. The number of benzene rings is 2. The molecule has 2 N–H and O–H groups in total. The van der Waals surface area contributed by atoms with Gasteiger partial charge in [0.25, 0.3) is 5.91 Å². The third kappa shape index (κ3) is 5.92. The van der Waals surface area contributed by atoms with Gasteiger partial charge in [-0.15, -0.1) is 0 Å². The van der Waals surface area contributed by atoms with Gasteiger partial charge < -0.3 is 5.32 Å². The van der Waals surface area contributed by atoms with Crippen LogP contribution in [0, 0.1) is 5.82 Å². The molecule has 28 heavy (non-hydrogen) atoms. The van der Waals surface area contributed by atoms with Crippen molar-refractivity contribution < 1.29 is 14.0 Å². The van der Waals surface area contributed by atoms with Crippen molar-refractivity contribution in [3.63, 3.8) is 0 Å². The topological polar surface area (TPSA) is 58.2 Å². The van der Waals surface area contributed by atoms with Crippen LogP contribution >= 0.6 is 81.2 Å². The highest BCUT2D eigenvalue weighted by atomic mass is 35.6. The van der Waals surface area contributed by atoms with Crippen molar-refractivity contribution >= 4 is 98.8 Å². The SMILES string of the molecule is O=C(NC(=O)c1ccccc1F)Nc1cc(C(Cl)(Cl)Cl)cc(C(Cl)(Cl)Cl)c1Cl. The highest BCUT2D eigenvalue weighted by Crippen LogP contribution is 2.48. The summed E-state index contributed by atoms with van der Waals surface area (Å²) in [4.78, 5) is 24.2. The highest BCUT2D eigenvalue weighted by Gasteiger charge is 2.32. The molecule has 0 radical (unpaired) electrons. The van der Waals surface area contributed by atoms with Crippen LogP contribution in [0.2, 0.25) is 5.02 Å². The second kappa shape index (κ2) is 9.00. The minimum atomic E-state index is -2.00. The van der Waals surface area contributed by atoms with Crippen molar-refractivity contribution in [1.29, 1.82) is 0 Å². The number of hydrogen-bond donors (Lipinski definition) is 2. The Balaban J connectivity index is 2.33. The molecule has 0 saturated heterocycles. The first-order valence-corrected chi connectivity index (χ1v) is 9.80. The Morgan fingerprint density at radius 1 is 0.929 bits per heavy atom. The monoisotopic (exact) mass is 524 g/mol. The molecule has 0 aliphatic carbocycles. The van der Waals surface area contributed by atoms with E-state index in [0.29, 0.717) is 0 Å². The van der Waals surface area contributed by atoms with Gasteiger partial charge in [0, 0.05) is 11.1 Å². The molecule has 2 aromatic carbocycles. The van der Waals surface area contributed by atoms with Crippen LogP contribution < -0.4 is 10.6 Å². The van der Waals surface area contributed by atoms with E-state index >= 15 is 0 Å². The first kappa shape index (κ1) is 23.6. The van der Waals surface area contributed by atoms with Crippen molar-refractivity contribution in [2.75, 3.05) is 5.32 Å². The molecule has 12 heteroatoms. The maximum atomic E-state index is 13.6. The van der Waals surface area contributed by atoms with Gasteiger partial charge in [0.2, 0.25) is 7.59 Å². The van der Waals surface area contributed by atoms with Gasteiger partial charge in [-0.2, -0.15) is 0 Å². The molecule has 3 amide bonds. The average molecular weight is 527 g/mol. The number of carbonyl (C=O) groups is 2. The van der Waals surface area contributed by atoms with Crippen LogP contribution in [-0.4, -0.2) is 11.9 Å². The Bertz CT molecular complexity index is 926. The molecule has 150 valence electrons. The van der Waals surface area contributed by atoms with E-state index in [9.17, 15) is 14.0 Å². The molecule has 0 fully saturated rings. The molecule has 0 aliphatic heterocycles. The van der Waals surface area contributed by atoms with Gasteiger partial charge in [-0.05, 0) is 24.3 Å². The summed E-state index contributed by atoms with van der Waals surface area (Å²) in [7, 11) is 0. The quantitative estimate of drug-likeness (QED) is 0.410. The van der Waals surface area contributed by atoms with Crippen LogP contribution in [0.4, 0.5) is 14.9 Å². The maximum Gasteiger partial charge on any atom is 0.326 e. The first-order valence-electron chi connectivity index (χ1n) is 7.15. The number of urea groups is 1. The molecule has 0 unspecified atom stereocenters. The van der Waals surface area contributed by atoms with Crippen molar-refractivity contribution in [2.24, 2.45) is 0 Å². The van der Waals surface area contributed by atoms with Crippen LogP contribution in [0.3, 0.4) is 0 Å². The van der Waals surface area contributed by atoms with Crippen LogP contribution in [-0.2, 0) is 7.59 Å². The van der Waals surface area contributed by atoms with Crippen molar-refractivity contribution in [3.8, 4) is 0 Å². The van der Waals surface area contributed by atoms with Gasteiger partial charge in [0.1, 0.15) is 5.82 Å². The Hall–Kier alpha value is -0.660. The van der Waals surface area contributed by atoms with Gasteiger partial charge in [-0.1, -0.05) is 93.3 Å². The van der Waals surface area contributed by atoms with E-state index < -0.39 is 25.3 Å². The van der Waals surface area contributed by atoms with Crippen molar-refractivity contribution in [2.45, 2.75) is 7.59 Å². The number of carbonyl (C=O) groups excluding carboxylic acids is 2. The van der Waals surface area contributed by atoms with E-state index in [1.54, 1.807) is 0 Å². The zero-order chi connectivity index (χ0) is 21.3. The zero-order valence-electron chi connectivity index (χ0n) is 13.3. The summed E-state index contributed by atoms with van der Waals surface area (Å²) in [6.45, 7) is 0. The number of halogens is 8. The summed E-state index contributed by atoms with van der Waals surface area (Å²) in [5, 5.41) is 4.06. The molecule has 0 aliphatic rings. The lowest BCUT2D eigenvalue weighted by Gasteiger charge is -2.21. The van der Waals surface area contributed by atoms with E-state index in [-0.39, 0.29) is 27.4 Å². The fourth-order valence-electron chi connectivity index (χ4n) is 2.05. The maximum absolute atomic E-state index is 13.6. The molecular formula is C16H8Cl7FN2O2. The van der Waals surface area contributed by atoms with Crippen molar-refractivity contribution in [1.82, 2.24) is 5.32 Å². The van der Waals surface area contributed by atoms with E-state index in [2.05, 4.69) is 5.32 Å². The number of amides is 3. The molecule has 2 aromatic rings. The van der Waals surface area contributed by atoms with Crippen molar-refractivity contribution in [3.05, 3.63) is 63.9 Å². The first-order chi connectivity index (χ1) is 12.8. The Morgan fingerprint density at radius 2 is 1.54 bits per heavy atom. The number of hydrogen-bond acceptors (Lipinski definition) is 2. The smallest absolute Gasteiger partial charge is 0.306 e. The standard InChI is InChI=1S/C16H8Cl7FN2O2/c17-12-9(16(21,22)23)5-7(15(18,19)20)6-11(12)25-14(28)26-13(27)8-3-1-2-4-10(8)24/h1-6H,(H2,25,26,27,28). The molecule has 4 nitrogen and oxygen atoms in total. The second-order valence-electron chi connectivity index (χ2n) is 5.27. The number of rotatable bonds is 2. The molecule has 0 atom stereocenters. The number of nitrogens with one attached hydrogen (secondary N) is 2. The minimum Gasteiger partial charge on any atom is -0.306 e. The Morgan fingerprint density at radius 3 is 2.07 bits per heavy atom. The number of anilines is 1. The minimum absolute atomic E-state index is 0.0407. The molecule has 2 rings (SSSR count). The summed E-state index contributed by atoms with van der Waals surface area (Å²) in [5.41, 5.74) is -0.468. The molecule has 0 spiro atoms. The largest absolute Gasteiger partial charge is 0.326 e. The highest BCUT2D eigenvalue weighted by molar-refractivity contribution is 6.68. The van der Waals surface area contributed by atoms with Gasteiger partial charge >= 0.3 is 6.03 Å². The third-order valence-corrected chi connectivity index (χ3v) is 4.97. The summed E-state index contributed by atoms with van der Waals surface area (Å²) in [6, 6.07) is 6.54. The van der Waals surface area contributed by atoms with Gasteiger partial charge in [-0.25, -0.2) is 9.18 Å². The van der Waals surface area contributed by atoms with E-state index in [0.717, 1.165) is 6.07 Å². The van der Waals surface area contributed by atoms with Crippen LogP contribution in [0.25, 0.3) is 0 Å². The van der Waals surface area contributed by atoms with E-state index in [1.165, 1.54) is 30.3 Å².